The Hall–Kier alpha value is -2.51. The van der Waals surface area contributed by atoms with Gasteiger partial charge in [-0.2, -0.15) is 0 Å². The predicted octanol–water partition coefficient (Wildman–Crippen LogP) is 3.88. The summed E-state index contributed by atoms with van der Waals surface area (Å²) in [5, 5.41) is 3.80. The summed E-state index contributed by atoms with van der Waals surface area (Å²) < 4.78 is 1.59. The van der Waals surface area contributed by atoms with Gasteiger partial charge in [-0.15, -0.1) is 11.3 Å². The van der Waals surface area contributed by atoms with Gasteiger partial charge in [0.25, 0.3) is 5.56 Å². The molecule has 0 saturated carbocycles. The monoisotopic (exact) mass is 452 g/mol. The first-order valence-electron chi connectivity index (χ1n) is 11.5. The molecule has 2 heterocycles. The first-order chi connectivity index (χ1) is 15.4. The van der Waals surface area contributed by atoms with Crippen molar-refractivity contribution in [1.82, 2.24) is 19.8 Å². The molecule has 7 heteroatoms. The van der Waals surface area contributed by atoms with Gasteiger partial charge in [0, 0.05) is 37.0 Å². The lowest BCUT2D eigenvalue weighted by atomic mass is 9.97. The number of fused-ring (bicyclic) bond motifs is 3. The van der Waals surface area contributed by atoms with E-state index in [9.17, 15) is 9.59 Å². The van der Waals surface area contributed by atoms with Crippen LogP contribution in [0.25, 0.3) is 10.2 Å². The van der Waals surface area contributed by atoms with E-state index in [1.165, 1.54) is 22.4 Å². The lowest BCUT2D eigenvalue weighted by Gasteiger charge is -2.22. The number of hydrogen-bond acceptors (Lipinski definition) is 5. The zero-order valence-corrected chi connectivity index (χ0v) is 20.0. The smallest absolute Gasteiger partial charge is 0.262 e. The van der Waals surface area contributed by atoms with Crippen LogP contribution >= 0.6 is 11.3 Å². The van der Waals surface area contributed by atoms with Crippen LogP contribution < -0.4 is 10.9 Å². The second-order valence-corrected chi connectivity index (χ2v) is 10.0. The molecular formula is C25H32N4O2S. The Bertz CT molecular complexity index is 1160. The fourth-order valence-electron chi connectivity index (χ4n) is 4.18. The third-order valence-electron chi connectivity index (χ3n) is 6.42. The third kappa shape index (κ3) is 4.94. The van der Waals surface area contributed by atoms with E-state index in [0.717, 1.165) is 41.6 Å². The molecule has 1 N–H and O–H groups in total. The number of carbonyl (C=O) groups is 1. The highest BCUT2D eigenvalue weighted by Crippen LogP contribution is 2.33. The minimum absolute atomic E-state index is 0.00994. The molecule has 3 aromatic rings. The number of nitrogens with one attached hydrogen (secondary N) is 1. The number of thiophene rings is 1. The summed E-state index contributed by atoms with van der Waals surface area (Å²) in [4.78, 5) is 34.5. The number of amides is 1. The van der Waals surface area contributed by atoms with Gasteiger partial charge in [0.05, 0.1) is 11.7 Å². The normalized spacial score (nSPS) is 13.7. The van der Waals surface area contributed by atoms with Crippen LogP contribution in [0.15, 0.2) is 35.4 Å². The molecule has 1 aliphatic carbocycles. The van der Waals surface area contributed by atoms with Gasteiger partial charge < -0.3 is 5.32 Å². The molecule has 0 radical (unpaired) electrons. The average molecular weight is 453 g/mol. The average Bonchev–Trinajstić information content (AvgIpc) is 3.17. The van der Waals surface area contributed by atoms with E-state index in [1.807, 2.05) is 12.1 Å². The zero-order chi connectivity index (χ0) is 22.7. The topological polar surface area (TPSA) is 67.2 Å². The van der Waals surface area contributed by atoms with Crippen LogP contribution in [0.1, 0.15) is 54.7 Å². The van der Waals surface area contributed by atoms with E-state index in [1.54, 1.807) is 22.2 Å². The molecule has 170 valence electrons. The molecule has 0 aliphatic heterocycles. The van der Waals surface area contributed by atoms with E-state index >= 15 is 0 Å². The highest BCUT2D eigenvalue weighted by molar-refractivity contribution is 7.18. The number of hydrogen-bond donors (Lipinski definition) is 1. The molecule has 0 saturated heterocycles. The predicted molar refractivity (Wildman–Crippen MR) is 130 cm³/mol. The van der Waals surface area contributed by atoms with Gasteiger partial charge in [-0.1, -0.05) is 24.3 Å². The summed E-state index contributed by atoms with van der Waals surface area (Å²) in [5.74, 6) is -0.0589. The first-order valence-corrected chi connectivity index (χ1v) is 12.3. The van der Waals surface area contributed by atoms with Gasteiger partial charge in [-0.25, -0.2) is 4.98 Å². The molecular weight excluding hydrogens is 420 g/mol. The molecule has 1 aliphatic rings. The van der Waals surface area contributed by atoms with Crippen LogP contribution in [0.3, 0.4) is 0 Å². The van der Waals surface area contributed by atoms with E-state index in [4.69, 9.17) is 0 Å². The summed E-state index contributed by atoms with van der Waals surface area (Å²) >= 11 is 1.65. The fourth-order valence-corrected chi connectivity index (χ4v) is 5.40. The van der Waals surface area contributed by atoms with Gasteiger partial charge in [0.1, 0.15) is 4.83 Å². The van der Waals surface area contributed by atoms with Crippen molar-refractivity contribution in [2.24, 2.45) is 0 Å². The second-order valence-electron chi connectivity index (χ2n) is 8.94. The van der Waals surface area contributed by atoms with Gasteiger partial charge >= 0.3 is 0 Å². The Kier molecular flexibility index (Phi) is 7.06. The van der Waals surface area contributed by atoms with Crippen LogP contribution in [0.5, 0.6) is 0 Å². The summed E-state index contributed by atoms with van der Waals surface area (Å²) in [6.45, 7) is 6.02. The standard InChI is InChI=1S/C25H32N4O2S/c1-17(2)28(3)15-19-9-5-4-8-18(19)14-26-22(30)12-13-29-16-27-24-23(25(29)31)20-10-6-7-11-21(20)32-24/h4-5,8-9,16-17H,6-7,10-15H2,1-3H3,(H,26,30). The molecule has 4 rings (SSSR count). The number of carbonyl (C=O) groups excluding carboxylic acids is 1. The summed E-state index contributed by atoms with van der Waals surface area (Å²) in [7, 11) is 2.10. The number of nitrogens with zero attached hydrogens (tertiary/aromatic N) is 3. The number of benzene rings is 1. The number of rotatable bonds is 8. The van der Waals surface area contributed by atoms with Crippen LogP contribution in [0.2, 0.25) is 0 Å². The molecule has 0 unspecified atom stereocenters. The Balaban J connectivity index is 1.39. The Labute approximate surface area is 193 Å². The van der Waals surface area contributed by atoms with E-state index in [-0.39, 0.29) is 17.9 Å². The van der Waals surface area contributed by atoms with Crippen molar-refractivity contribution in [3.8, 4) is 0 Å². The molecule has 1 amide bonds. The zero-order valence-electron chi connectivity index (χ0n) is 19.2. The van der Waals surface area contributed by atoms with Crippen LogP contribution in [-0.2, 0) is 37.3 Å². The molecule has 0 fully saturated rings. The number of aryl methyl sites for hydroxylation is 3. The van der Waals surface area contributed by atoms with E-state index in [2.05, 4.69) is 48.2 Å². The van der Waals surface area contributed by atoms with Crippen molar-refractivity contribution in [2.75, 3.05) is 7.05 Å². The van der Waals surface area contributed by atoms with Crippen molar-refractivity contribution in [1.29, 1.82) is 0 Å². The van der Waals surface area contributed by atoms with Gasteiger partial charge in [0.2, 0.25) is 5.91 Å². The van der Waals surface area contributed by atoms with Crippen LogP contribution in [0, 0.1) is 0 Å². The lowest BCUT2D eigenvalue weighted by molar-refractivity contribution is -0.121. The van der Waals surface area contributed by atoms with Crippen molar-refractivity contribution >= 4 is 27.5 Å². The van der Waals surface area contributed by atoms with Crippen LogP contribution in [-0.4, -0.2) is 33.4 Å². The molecule has 0 bridgehead atoms. The Morgan fingerprint density at radius 3 is 2.75 bits per heavy atom. The van der Waals surface area contributed by atoms with E-state index in [0.29, 0.717) is 19.1 Å². The Morgan fingerprint density at radius 1 is 1.22 bits per heavy atom. The third-order valence-corrected chi connectivity index (χ3v) is 7.62. The molecule has 1 aromatic carbocycles. The quantitative estimate of drug-likeness (QED) is 0.563. The Morgan fingerprint density at radius 2 is 1.97 bits per heavy atom. The highest BCUT2D eigenvalue weighted by Gasteiger charge is 2.20. The van der Waals surface area contributed by atoms with Crippen molar-refractivity contribution < 1.29 is 4.79 Å². The maximum Gasteiger partial charge on any atom is 0.262 e. The largest absolute Gasteiger partial charge is 0.352 e. The van der Waals surface area contributed by atoms with Gasteiger partial charge in [0.15, 0.2) is 0 Å². The minimum atomic E-state index is -0.0589. The van der Waals surface area contributed by atoms with Gasteiger partial charge in [-0.3, -0.25) is 19.1 Å². The van der Waals surface area contributed by atoms with E-state index < -0.39 is 0 Å². The maximum atomic E-state index is 13.0. The SMILES string of the molecule is CC(C)N(C)Cc1ccccc1CNC(=O)CCn1cnc2sc3c(c2c1=O)CCCC3. The number of aromatic nitrogens is 2. The second kappa shape index (κ2) is 9.96. The van der Waals surface area contributed by atoms with Crippen molar-refractivity contribution in [3.05, 3.63) is 62.5 Å². The molecule has 6 nitrogen and oxygen atoms in total. The molecule has 2 aromatic heterocycles. The van der Waals surface area contributed by atoms with Crippen molar-refractivity contribution in [3.63, 3.8) is 0 Å². The fraction of sp³-hybridized carbons (Fsp3) is 0.480. The van der Waals surface area contributed by atoms with Gasteiger partial charge in [-0.05, 0) is 63.3 Å². The minimum Gasteiger partial charge on any atom is -0.352 e. The molecule has 0 atom stereocenters. The highest BCUT2D eigenvalue weighted by atomic mass is 32.1. The van der Waals surface area contributed by atoms with Crippen LogP contribution in [0.4, 0.5) is 0 Å². The molecule has 0 spiro atoms. The summed E-state index contributed by atoms with van der Waals surface area (Å²) in [6.07, 6.45) is 6.17. The molecule has 32 heavy (non-hydrogen) atoms. The maximum absolute atomic E-state index is 13.0. The lowest BCUT2D eigenvalue weighted by Crippen LogP contribution is -2.29. The van der Waals surface area contributed by atoms with Crippen molar-refractivity contribution in [2.45, 2.75) is 71.6 Å². The summed E-state index contributed by atoms with van der Waals surface area (Å²) in [5.41, 5.74) is 3.52. The summed E-state index contributed by atoms with van der Waals surface area (Å²) in [6, 6.07) is 8.67. The first kappa shape index (κ1) is 22.7.